The topological polar surface area (TPSA) is 62.0 Å². The molecule has 2 rings (SSSR count). The van der Waals surface area contributed by atoms with E-state index in [0.29, 0.717) is 10.9 Å². The van der Waals surface area contributed by atoms with E-state index in [0.717, 1.165) is 5.69 Å². The van der Waals surface area contributed by atoms with E-state index in [1.54, 1.807) is 6.07 Å². The lowest BCUT2D eigenvalue weighted by Crippen LogP contribution is -1.88. The standard InChI is InChI=1S/C9H9FN2O/c1-4-2-5-7(12-4)3-6(11)9(13)8(5)10/h2-3,12-13H,11H2,1H3. The van der Waals surface area contributed by atoms with Crippen LogP contribution in [0.3, 0.4) is 0 Å². The Kier molecular flexibility index (Phi) is 1.45. The smallest absolute Gasteiger partial charge is 0.176 e. The van der Waals surface area contributed by atoms with Gasteiger partial charge in [0.05, 0.1) is 11.2 Å². The maximum Gasteiger partial charge on any atom is 0.176 e. The van der Waals surface area contributed by atoms with Crippen LogP contribution in [0.4, 0.5) is 10.1 Å². The predicted octanol–water partition coefficient (Wildman–Crippen LogP) is 1.90. The number of halogens is 1. The maximum absolute atomic E-state index is 13.3. The van der Waals surface area contributed by atoms with Crippen LogP contribution in [0.15, 0.2) is 12.1 Å². The number of aromatic hydroxyl groups is 1. The number of fused-ring (bicyclic) bond motifs is 1. The number of hydrogen-bond donors (Lipinski definition) is 3. The van der Waals surface area contributed by atoms with Crippen molar-refractivity contribution in [3.63, 3.8) is 0 Å². The molecule has 0 saturated heterocycles. The van der Waals surface area contributed by atoms with Gasteiger partial charge >= 0.3 is 0 Å². The molecule has 1 aromatic carbocycles. The Morgan fingerprint density at radius 1 is 1.46 bits per heavy atom. The number of hydrogen-bond acceptors (Lipinski definition) is 2. The second-order valence-corrected chi connectivity index (χ2v) is 3.04. The number of nitrogens with one attached hydrogen (secondary N) is 1. The summed E-state index contributed by atoms with van der Waals surface area (Å²) in [6.07, 6.45) is 0. The number of benzene rings is 1. The lowest BCUT2D eigenvalue weighted by atomic mass is 10.2. The maximum atomic E-state index is 13.3. The third-order valence-electron chi connectivity index (χ3n) is 2.00. The van der Waals surface area contributed by atoms with Crippen LogP contribution in [0.5, 0.6) is 5.75 Å². The Morgan fingerprint density at radius 2 is 2.15 bits per heavy atom. The molecule has 0 unspecified atom stereocenters. The number of nitrogens with two attached hydrogens (primary N) is 1. The van der Waals surface area contributed by atoms with Crippen molar-refractivity contribution in [3.05, 3.63) is 23.6 Å². The normalized spacial score (nSPS) is 10.9. The number of nitrogen functional groups attached to an aromatic ring is 1. The summed E-state index contributed by atoms with van der Waals surface area (Å²) in [6.45, 7) is 1.81. The molecule has 13 heavy (non-hydrogen) atoms. The van der Waals surface area contributed by atoms with E-state index in [4.69, 9.17) is 5.73 Å². The van der Waals surface area contributed by atoms with Crippen LogP contribution in [0.2, 0.25) is 0 Å². The van der Waals surface area contributed by atoms with Crippen molar-refractivity contribution in [2.45, 2.75) is 6.92 Å². The van der Waals surface area contributed by atoms with Gasteiger partial charge in [0.1, 0.15) is 0 Å². The fraction of sp³-hybridized carbons (Fsp3) is 0.111. The van der Waals surface area contributed by atoms with E-state index in [9.17, 15) is 9.50 Å². The van der Waals surface area contributed by atoms with Crippen LogP contribution in [-0.4, -0.2) is 10.1 Å². The summed E-state index contributed by atoms with van der Waals surface area (Å²) < 4.78 is 13.3. The van der Waals surface area contributed by atoms with Gasteiger partial charge in [-0.15, -0.1) is 0 Å². The Bertz CT molecular complexity index is 476. The zero-order chi connectivity index (χ0) is 9.59. The first kappa shape index (κ1) is 7.91. The number of aryl methyl sites for hydroxylation is 1. The van der Waals surface area contributed by atoms with Gasteiger partial charge in [-0.3, -0.25) is 0 Å². The molecule has 1 aromatic heterocycles. The molecule has 1 heterocycles. The van der Waals surface area contributed by atoms with Crippen LogP contribution in [0.25, 0.3) is 10.9 Å². The van der Waals surface area contributed by atoms with Gasteiger partial charge in [-0.2, -0.15) is 0 Å². The van der Waals surface area contributed by atoms with Crippen molar-refractivity contribution in [2.75, 3.05) is 5.73 Å². The highest BCUT2D eigenvalue weighted by Crippen LogP contribution is 2.31. The van der Waals surface area contributed by atoms with Crippen molar-refractivity contribution in [3.8, 4) is 5.75 Å². The quantitative estimate of drug-likeness (QED) is 0.428. The molecule has 3 nitrogen and oxygen atoms in total. The zero-order valence-corrected chi connectivity index (χ0v) is 7.06. The van der Waals surface area contributed by atoms with Crippen molar-refractivity contribution in [2.24, 2.45) is 0 Å². The highest BCUT2D eigenvalue weighted by atomic mass is 19.1. The van der Waals surface area contributed by atoms with E-state index in [-0.39, 0.29) is 5.69 Å². The number of rotatable bonds is 0. The van der Waals surface area contributed by atoms with Gasteiger partial charge < -0.3 is 15.8 Å². The van der Waals surface area contributed by atoms with Crippen LogP contribution in [0, 0.1) is 12.7 Å². The summed E-state index contributed by atoms with van der Waals surface area (Å²) in [7, 11) is 0. The first-order valence-corrected chi connectivity index (χ1v) is 3.86. The molecular weight excluding hydrogens is 171 g/mol. The molecule has 0 aliphatic heterocycles. The van der Waals surface area contributed by atoms with E-state index >= 15 is 0 Å². The number of phenols is 1. The summed E-state index contributed by atoms with van der Waals surface area (Å²) in [4.78, 5) is 2.94. The highest BCUT2D eigenvalue weighted by Gasteiger charge is 2.11. The summed E-state index contributed by atoms with van der Waals surface area (Å²) in [5, 5.41) is 9.56. The monoisotopic (exact) mass is 180 g/mol. The molecule has 0 saturated carbocycles. The fourth-order valence-electron chi connectivity index (χ4n) is 1.38. The SMILES string of the molecule is Cc1cc2c(F)c(O)c(N)cc2[nH]1. The number of aromatic amines is 1. The van der Waals surface area contributed by atoms with Crippen molar-refractivity contribution >= 4 is 16.6 Å². The molecule has 68 valence electrons. The van der Waals surface area contributed by atoms with E-state index < -0.39 is 11.6 Å². The lowest BCUT2D eigenvalue weighted by Gasteiger charge is -2.00. The lowest BCUT2D eigenvalue weighted by molar-refractivity contribution is 0.439. The van der Waals surface area contributed by atoms with Gasteiger partial charge in [-0.25, -0.2) is 4.39 Å². The molecule has 0 spiro atoms. The van der Waals surface area contributed by atoms with Gasteiger partial charge in [0.15, 0.2) is 11.6 Å². The number of phenolic OH excluding ortho intramolecular Hbond substituents is 1. The van der Waals surface area contributed by atoms with Crippen molar-refractivity contribution in [1.29, 1.82) is 0 Å². The molecule has 0 bridgehead atoms. The molecule has 0 atom stereocenters. The number of H-pyrrole nitrogens is 1. The number of aromatic nitrogens is 1. The average Bonchev–Trinajstić information content (AvgIpc) is 2.42. The van der Waals surface area contributed by atoms with Crippen LogP contribution in [-0.2, 0) is 0 Å². The van der Waals surface area contributed by atoms with Crippen molar-refractivity contribution in [1.82, 2.24) is 4.98 Å². The van der Waals surface area contributed by atoms with E-state index in [2.05, 4.69) is 4.98 Å². The minimum absolute atomic E-state index is 0.0480. The summed E-state index contributed by atoms with van der Waals surface area (Å²) >= 11 is 0. The third-order valence-corrected chi connectivity index (χ3v) is 2.00. The minimum Gasteiger partial charge on any atom is -0.503 e. The van der Waals surface area contributed by atoms with Gasteiger partial charge in [-0.05, 0) is 19.1 Å². The molecule has 0 amide bonds. The Labute approximate surface area is 74.0 Å². The molecule has 0 fully saturated rings. The van der Waals surface area contributed by atoms with E-state index in [1.807, 2.05) is 6.92 Å². The Morgan fingerprint density at radius 3 is 2.85 bits per heavy atom. The van der Waals surface area contributed by atoms with Gasteiger partial charge in [0, 0.05) is 11.1 Å². The van der Waals surface area contributed by atoms with Crippen LogP contribution < -0.4 is 5.73 Å². The second kappa shape index (κ2) is 2.39. The third kappa shape index (κ3) is 1.02. The zero-order valence-electron chi connectivity index (χ0n) is 7.06. The molecule has 0 radical (unpaired) electrons. The van der Waals surface area contributed by atoms with Gasteiger partial charge in [0.25, 0.3) is 0 Å². The first-order valence-electron chi connectivity index (χ1n) is 3.86. The molecule has 0 aliphatic carbocycles. The number of anilines is 1. The predicted molar refractivity (Wildman–Crippen MR) is 49.1 cm³/mol. The minimum atomic E-state index is -0.667. The van der Waals surface area contributed by atoms with E-state index in [1.165, 1.54) is 6.07 Å². The summed E-state index contributed by atoms with van der Waals surface area (Å²) in [6, 6.07) is 3.14. The fourth-order valence-corrected chi connectivity index (χ4v) is 1.38. The summed E-state index contributed by atoms with van der Waals surface area (Å²) in [5.41, 5.74) is 6.87. The molecule has 4 N–H and O–H groups in total. The van der Waals surface area contributed by atoms with Crippen LogP contribution >= 0.6 is 0 Å². The summed E-state index contributed by atoms with van der Waals surface area (Å²) in [5.74, 6) is -1.15. The van der Waals surface area contributed by atoms with Crippen LogP contribution in [0.1, 0.15) is 5.69 Å². The first-order chi connectivity index (χ1) is 6.09. The second-order valence-electron chi connectivity index (χ2n) is 3.04. The molecule has 2 aromatic rings. The largest absolute Gasteiger partial charge is 0.503 e. The molecule has 0 aliphatic rings. The Balaban J connectivity index is 2.92. The average molecular weight is 180 g/mol. The van der Waals surface area contributed by atoms with Crippen molar-refractivity contribution < 1.29 is 9.50 Å². The molecular formula is C9H9FN2O. The van der Waals surface area contributed by atoms with Gasteiger partial charge in [0.2, 0.25) is 0 Å². The highest BCUT2D eigenvalue weighted by molar-refractivity contribution is 5.87. The molecule has 4 heteroatoms. The van der Waals surface area contributed by atoms with Gasteiger partial charge in [-0.1, -0.05) is 0 Å². The Hall–Kier alpha value is -1.71.